The van der Waals surface area contributed by atoms with E-state index in [0.717, 1.165) is 28.5 Å². The van der Waals surface area contributed by atoms with Gasteiger partial charge in [-0.05, 0) is 36.2 Å². The van der Waals surface area contributed by atoms with E-state index in [-0.39, 0.29) is 27.9 Å². The van der Waals surface area contributed by atoms with E-state index in [2.05, 4.69) is 10.3 Å². The molecular weight excluding hydrogens is 420 g/mol. The Labute approximate surface area is 175 Å². The van der Waals surface area contributed by atoms with Gasteiger partial charge in [0.2, 0.25) is 5.91 Å². The van der Waals surface area contributed by atoms with Crippen LogP contribution in [0.4, 0.5) is 8.78 Å². The van der Waals surface area contributed by atoms with Crippen LogP contribution in [0.15, 0.2) is 46.3 Å². The summed E-state index contributed by atoms with van der Waals surface area (Å²) < 4.78 is 28.8. The molecule has 0 saturated carbocycles. The molecule has 1 amide bonds. The molecule has 1 N–H and O–H groups in total. The number of benzene rings is 2. The van der Waals surface area contributed by atoms with E-state index < -0.39 is 17.2 Å². The highest BCUT2D eigenvalue weighted by Gasteiger charge is 2.18. The topological polar surface area (TPSA) is 64.0 Å². The molecule has 0 spiro atoms. The number of rotatable bonds is 6. The Morgan fingerprint density at radius 1 is 1.24 bits per heavy atom. The van der Waals surface area contributed by atoms with Crippen LogP contribution < -0.4 is 10.9 Å². The average Bonchev–Trinajstić information content (AvgIpc) is 2.66. The van der Waals surface area contributed by atoms with Crippen LogP contribution in [0.1, 0.15) is 13.8 Å². The molecule has 1 aromatic heterocycles. The Kier molecular flexibility index (Phi) is 6.54. The lowest BCUT2D eigenvalue weighted by atomic mass is 10.2. The molecule has 0 bridgehead atoms. The molecule has 3 rings (SSSR count). The fourth-order valence-corrected chi connectivity index (χ4v) is 3.62. The van der Waals surface area contributed by atoms with Crippen molar-refractivity contribution in [3.63, 3.8) is 0 Å². The van der Waals surface area contributed by atoms with Crippen LogP contribution in [0.2, 0.25) is 5.02 Å². The van der Waals surface area contributed by atoms with Crippen molar-refractivity contribution in [2.45, 2.75) is 19.0 Å². The van der Waals surface area contributed by atoms with Crippen LogP contribution in [0.3, 0.4) is 0 Å². The van der Waals surface area contributed by atoms with Gasteiger partial charge in [-0.25, -0.2) is 13.8 Å². The molecule has 2 aromatic carbocycles. The molecule has 9 heteroatoms. The molecule has 3 aromatic rings. The first kappa shape index (κ1) is 21.3. The Morgan fingerprint density at radius 2 is 2.00 bits per heavy atom. The second-order valence-corrected chi connectivity index (χ2v) is 8.16. The van der Waals surface area contributed by atoms with Crippen molar-refractivity contribution >= 4 is 40.2 Å². The third-order valence-corrected chi connectivity index (χ3v) is 5.16. The van der Waals surface area contributed by atoms with E-state index in [1.54, 1.807) is 12.1 Å². The zero-order valence-corrected chi connectivity index (χ0v) is 17.3. The molecule has 5 nitrogen and oxygen atoms in total. The molecule has 1 heterocycles. The monoisotopic (exact) mass is 437 g/mol. The van der Waals surface area contributed by atoms with E-state index in [4.69, 9.17) is 11.6 Å². The molecule has 0 unspecified atom stereocenters. The zero-order chi connectivity index (χ0) is 21.1. The third-order valence-electron chi connectivity index (χ3n) is 3.99. The lowest BCUT2D eigenvalue weighted by Crippen LogP contribution is -2.29. The SMILES string of the molecule is CC(C)CNC(=O)CSc1nc2ccc(Cl)cc2c(=O)n1-c1ccc(F)cc1F. The van der Waals surface area contributed by atoms with Crippen molar-refractivity contribution in [3.8, 4) is 5.69 Å². The van der Waals surface area contributed by atoms with Crippen LogP contribution in [-0.4, -0.2) is 27.8 Å². The fourth-order valence-electron chi connectivity index (χ4n) is 2.61. The van der Waals surface area contributed by atoms with Gasteiger partial charge in [0.15, 0.2) is 5.16 Å². The van der Waals surface area contributed by atoms with Gasteiger partial charge < -0.3 is 5.32 Å². The van der Waals surface area contributed by atoms with Gasteiger partial charge in [0, 0.05) is 17.6 Å². The predicted octanol–water partition coefficient (Wildman–Crippen LogP) is 4.18. The Bertz CT molecular complexity index is 1130. The highest BCUT2D eigenvalue weighted by atomic mass is 35.5. The molecule has 0 saturated heterocycles. The number of thioether (sulfide) groups is 1. The number of nitrogens with one attached hydrogen (secondary N) is 1. The van der Waals surface area contributed by atoms with E-state index >= 15 is 0 Å². The van der Waals surface area contributed by atoms with E-state index in [9.17, 15) is 18.4 Å². The molecular formula is C20H18ClF2N3O2S. The maximum atomic E-state index is 14.4. The minimum Gasteiger partial charge on any atom is -0.355 e. The number of hydrogen-bond acceptors (Lipinski definition) is 4. The summed E-state index contributed by atoms with van der Waals surface area (Å²) in [6.07, 6.45) is 0. The first-order chi connectivity index (χ1) is 13.8. The highest BCUT2D eigenvalue weighted by molar-refractivity contribution is 7.99. The van der Waals surface area contributed by atoms with Gasteiger partial charge >= 0.3 is 0 Å². The normalized spacial score (nSPS) is 11.2. The Hall–Kier alpha value is -2.45. The Morgan fingerprint density at radius 3 is 2.69 bits per heavy atom. The molecule has 0 fully saturated rings. The van der Waals surface area contributed by atoms with Gasteiger partial charge in [-0.1, -0.05) is 37.2 Å². The van der Waals surface area contributed by atoms with Crippen molar-refractivity contribution in [2.24, 2.45) is 5.92 Å². The number of amides is 1. The van der Waals surface area contributed by atoms with Crippen molar-refractivity contribution in [1.82, 2.24) is 14.9 Å². The quantitative estimate of drug-likeness (QED) is 0.464. The minimum atomic E-state index is -0.915. The van der Waals surface area contributed by atoms with Gasteiger partial charge in [0.25, 0.3) is 5.56 Å². The summed E-state index contributed by atoms with van der Waals surface area (Å²) in [4.78, 5) is 29.6. The molecule has 0 aliphatic heterocycles. The van der Waals surface area contributed by atoms with E-state index in [1.165, 1.54) is 6.07 Å². The number of carbonyl (C=O) groups excluding carboxylic acids is 1. The predicted molar refractivity (Wildman–Crippen MR) is 111 cm³/mol. The fraction of sp³-hybridized carbons (Fsp3) is 0.250. The first-order valence-corrected chi connectivity index (χ1v) is 10.2. The number of carbonyl (C=O) groups is 1. The minimum absolute atomic E-state index is 0.0128. The van der Waals surface area contributed by atoms with Crippen molar-refractivity contribution in [1.29, 1.82) is 0 Å². The maximum absolute atomic E-state index is 14.4. The van der Waals surface area contributed by atoms with Gasteiger partial charge in [-0.3, -0.25) is 14.2 Å². The van der Waals surface area contributed by atoms with Crippen LogP contribution in [0, 0.1) is 17.6 Å². The molecule has 0 radical (unpaired) electrons. The molecule has 152 valence electrons. The number of fused-ring (bicyclic) bond motifs is 1. The molecule has 0 atom stereocenters. The molecule has 0 aliphatic rings. The summed E-state index contributed by atoms with van der Waals surface area (Å²) in [6, 6.07) is 7.50. The highest BCUT2D eigenvalue weighted by Crippen LogP contribution is 2.24. The molecule has 29 heavy (non-hydrogen) atoms. The van der Waals surface area contributed by atoms with Crippen LogP contribution in [-0.2, 0) is 4.79 Å². The summed E-state index contributed by atoms with van der Waals surface area (Å²) >= 11 is 6.98. The third kappa shape index (κ3) is 4.94. The molecule has 0 aliphatic carbocycles. The number of halogens is 3. The standard InChI is InChI=1S/C20H18ClF2N3O2S/c1-11(2)9-24-18(27)10-29-20-25-16-5-3-12(21)7-14(16)19(28)26(20)17-6-4-13(22)8-15(17)23/h3-8,11H,9-10H2,1-2H3,(H,24,27). The second kappa shape index (κ2) is 8.92. The van der Waals surface area contributed by atoms with Crippen LogP contribution in [0.5, 0.6) is 0 Å². The summed E-state index contributed by atoms with van der Waals surface area (Å²) in [5.41, 5.74) is -0.354. The lowest BCUT2D eigenvalue weighted by molar-refractivity contribution is -0.118. The average molecular weight is 438 g/mol. The van der Waals surface area contributed by atoms with Crippen molar-refractivity contribution in [2.75, 3.05) is 12.3 Å². The summed E-state index contributed by atoms with van der Waals surface area (Å²) in [6.45, 7) is 4.46. The van der Waals surface area contributed by atoms with E-state index in [0.29, 0.717) is 29.1 Å². The van der Waals surface area contributed by atoms with Crippen molar-refractivity contribution in [3.05, 3.63) is 63.4 Å². The van der Waals surface area contributed by atoms with Gasteiger partial charge in [0.1, 0.15) is 11.6 Å². The van der Waals surface area contributed by atoms with Crippen molar-refractivity contribution < 1.29 is 13.6 Å². The summed E-state index contributed by atoms with van der Waals surface area (Å²) in [5, 5.41) is 3.41. The first-order valence-electron chi connectivity index (χ1n) is 8.83. The summed E-state index contributed by atoms with van der Waals surface area (Å²) in [7, 11) is 0. The van der Waals surface area contributed by atoms with Gasteiger partial charge in [-0.15, -0.1) is 0 Å². The van der Waals surface area contributed by atoms with Crippen LogP contribution in [0.25, 0.3) is 16.6 Å². The smallest absolute Gasteiger partial charge is 0.266 e. The second-order valence-electron chi connectivity index (χ2n) is 6.78. The van der Waals surface area contributed by atoms with Crippen LogP contribution >= 0.6 is 23.4 Å². The maximum Gasteiger partial charge on any atom is 0.266 e. The van der Waals surface area contributed by atoms with Gasteiger partial charge in [-0.2, -0.15) is 0 Å². The summed E-state index contributed by atoms with van der Waals surface area (Å²) in [5.74, 6) is -1.64. The number of aromatic nitrogens is 2. The Balaban J connectivity index is 2.08. The van der Waals surface area contributed by atoms with E-state index in [1.807, 2.05) is 13.8 Å². The zero-order valence-electron chi connectivity index (χ0n) is 15.7. The van der Waals surface area contributed by atoms with Gasteiger partial charge in [0.05, 0.1) is 22.3 Å². The number of hydrogen-bond donors (Lipinski definition) is 1. The number of nitrogens with zero attached hydrogens (tertiary/aromatic N) is 2. The lowest BCUT2D eigenvalue weighted by Gasteiger charge is -2.14. The largest absolute Gasteiger partial charge is 0.355 e.